The van der Waals surface area contributed by atoms with Crippen LogP contribution in [-0.4, -0.2) is 18.1 Å². The molecule has 2 rings (SSSR count). The van der Waals surface area contributed by atoms with Gasteiger partial charge in [-0.2, -0.15) is 0 Å². The van der Waals surface area contributed by atoms with E-state index in [1.165, 1.54) is 11.3 Å². The molecule has 3 heteroatoms. The monoisotopic (exact) mass is 252 g/mol. The minimum absolute atomic E-state index is 0.197. The molecule has 94 valence electrons. The molecule has 1 saturated heterocycles. The van der Waals surface area contributed by atoms with Crippen molar-refractivity contribution in [1.29, 1.82) is 0 Å². The third-order valence-electron chi connectivity index (χ3n) is 4.07. The summed E-state index contributed by atoms with van der Waals surface area (Å²) in [6.07, 6.45) is 2.12. The summed E-state index contributed by atoms with van der Waals surface area (Å²) in [5, 5.41) is 4.09. The van der Waals surface area contributed by atoms with Crippen LogP contribution in [0.25, 0.3) is 0 Å². The van der Waals surface area contributed by atoms with Gasteiger partial charge < -0.3 is 5.32 Å². The molecule has 1 aliphatic rings. The molecule has 1 aromatic rings. The summed E-state index contributed by atoms with van der Waals surface area (Å²) in [5.74, 6) is 0.640. The molecule has 0 amide bonds. The van der Waals surface area contributed by atoms with Crippen LogP contribution in [0, 0.1) is 5.92 Å². The molecule has 17 heavy (non-hydrogen) atoms. The average molecular weight is 253 g/mol. The number of hydrogen-bond acceptors (Lipinski definition) is 2. The van der Waals surface area contributed by atoms with Crippen LogP contribution in [0.15, 0.2) is 12.1 Å². The topological polar surface area (TPSA) is 24.9 Å². The largest absolute Gasteiger partial charge is 0.316 e. The van der Waals surface area contributed by atoms with Gasteiger partial charge in [-0.05, 0) is 30.5 Å². The van der Waals surface area contributed by atoms with Crippen molar-refractivity contribution < 1.29 is 0 Å². The van der Waals surface area contributed by atoms with Gasteiger partial charge >= 0.3 is 0 Å². The van der Waals surface area contributed by atoms with Gasteiger partial charge in [0, 0.05) is 17.7 Å². The summed E-state index contributed by atoms with van der Waals surface area (Å²) in [6.45, 7) is 8.95. The van der Waals surface area contributed by atoms with E-state index >= 15 is 0 Å². The number of rotatable bonds is 3. The second kappa shape index (κ2) is 4.95. The van der Waals surface area contributed by atoms with Crippen molar-refractivity contribution >= 4 is 11.6 Å². The van der Waals surface area contributed by atoms with Crippen molar-refractivity contribution in [1.82, 2.24) is 10.3 Å². The minimum Gasteiger partial charge on any atom is -0.316 e. The van der Waals surface area contributed by atoms with E-state index in [-0.39, 0.29) is 5.41 Å². The van der Waals surface area contributed by atoms with Crippen LogP contribution >= 0.6 is 11.6 Å². The lowest BCUT2D eigenvalue weighted by atomic mass is 9.74. The highest BCUT2D eigenvalue weighted by Gasteiger charge is 2.38. The van der Waals surface area contributed by atoms with Gasteiger partial charge in [-0.3, -0.25) is 0 Å². The van der Waals surface area contributed by atoms with E-state index in [0.29, 0.717) is 11.1 Å². The van der Waals surface area contributed by atoms with E-state index in [1.54, 1.807) is 0 Å². The first-order valence-corrected chi connectivity index (χ1v) is 6.82. The molecule has 2 heterocycles. The van der Waals surface area contributed by atoms with Crippen LogP contribution in [0.1, 0.15) is 38.4 Å². The Kier molecular flexibility index (Phi) is 3.74. The first kappa shape index (κ1) is 12.8. The minimum atomic E-state index is 0.197. The van der Waals surface area contributed by atoms with E-state index in [1.807, 2.05) is 6.07 Å². The van der Waals surface area contributed by atoms with Crippen LogP contribution in [0.5, 0.6) is 0 Å². The number of pyridine rings is 1. The van der Waals surface area contributed by atoms with Gasteiger partial charge in [0.15, 0.2) is 0 Å². The fraction of sp³-hybridized carbons (Fsp3) is 0.643. The quantitative estimate of drug-likeness (QED) is 0.836. The van der Waals surface area contributed by atoms with Gasteiger partial charge in [-0.15, -0.1) is 0 Å². The second-order valence-corrected chi connectivity index (χ2v) is 5.71. The molecule has 0 bridgehead atoms. The van der Waals surface area contributed by atoms with Gasteiger partial charge in [0.05, 0.1) is 0 Å². The van der Waals surface area contributed by atoms with E-state index in [9.17, 15) is 0 Å². The number of aryl methyl sites for hydroxylation is 1. The van der Waals surface area contributed by atoms with Gasteiger partial charge in [0.25, 0.3) is 0 Å². The van der Waals surface area contributed by atoms with Crippen LogP contribution in [-0.2, 0) is 11.8 Å². The number of nitrogens with zero attached hydrogens (tertiary/aromatic N) is 1. The highest BCUT2D eigenvalue weighted by atomic mass is 35.5. The lowest BCUT2D eigenvalue weighted by molar-refractivity contribution is 0.398. The Morgan fingerprint density at radius 2 is 2.29 bits per heavy atom. The van der Waals surface area contributed by atoms with E-state index < -0.39 is 0 Å². The number of halogens is 1. The lowest BCUT2D eigenvalue weighted by Gasteiger charge is -2.30. The van der Waals surface area contributed by atoms with Crippen LogP contribution in [0.2, 0.25) is 5.15 Å². The molecule has 0 aliphatic carbocycles. The van der Waals surface area contributed by atoms with Crippen molar-refractivity contribution in [3.05, 3.63) is 28.5 Å². The third-order valence-corrected chi connectivity index (χ3v) is 4.28. The third kappa shape index (κ3) is 2.34. The summed E-state index contributed by atoms with van der Waals surface area (Å²) in [6, 6.07) is 4.09. The van der Waals surface area contributed by atoms with Gasteiger partial charge in [-0.25, -0.2) is 4.98 Å². The molecular weight excluding hydrogens is 232 g/mol. The number of aromatic nitrogens is 1. The summed E-state index contributed by atoms with van der Waals surface area (Å²) in [4.78, 5) is 4.52. The van der Waals surface area contributed by atoms with Crippen molar-refractivity contribution in [2.45, 2.75) is 39.0 Å². The van der Waals surface area contributed by atoms with Gasteiger partial charge in [0.1, 0.15) is 5.15 Å². The highest BCUT2D eigenvalue weighted by Crippen LogP contribution is 2.37. The number of hydrogen-bond donors (Lipinski definition) is 1. The molecule has 0 spiro atoms. The molecule has 0 saturated carbocycles. The fourth-order valence-electron chi connectivity index (χ4n) is 2.73. The van der Waals surface area contributed by atoms with E-state index in [0.717, 1.165) is 25.9 Å². The van der Waals surface area contributed by atoms with Crippen LogP contribution < -0.4 is 5.32 Å². The smallest absolute Gasteiger partial charge is 0.129 e. The Bertz CT molecular complexity index is 405. The maximum absolute atomic E-state index is 6.01. The molecule has 1 fully saturated rings. The molecule has 2 unspecified atom stereocenters. The van der Waals surface area contributed by atoms with Crippen molar-refractivity contribution in [3.8, 4) is 0 Å². The maximum Gasteiger partial charge on any atom is 0.129 e. The molecule has 2 nitrogen and oxygen atoms in total. The van der Waals surface area contributed by atoms with E-state index in [2.05, 4.69) is 37.1 Å². The summed E-state index contributed by atoms with van der Waals surface area (Å²) < 4.78 is 0. The Labute approximate surface area is 109 Å². The fourth-order valence-corrected chi connectivity index (χ4v) is 2.90. The summed E-state index contributed by atoms with van der Waals surface area (Å²) in [7, 11) is 0. The summed E-state index contributed by atoms with van der Waals surface area (Å²) >= 11 is 6.01. The zero-order chi connectivity index (χ0) is 12.5. The standard InChI is InChI=1S/C14H21ClN2/c1-4-5-12-11(6-7-13(15)17-12)14(3)9-16-8-10(14)2/h6-7,10,16H,4-5,8-9H2,1-3H3. The molecule has 0 radical (unpaired) electrons. The van der Waals surface area contributed by atoms with Crippen LogP contribution in [0.4, 0.5) is 0 Å². The predicted octanol–water partition coefficient (Wildman–Crippen LogP) is 3.18. The zero-order valence-corrected chi connectivity index (χ0v) is 11.6. The van der Waals surface area contributed by atoms with E-state index in [4.69, 9.17) is 11.6 Å². The molecule has 0 aromatic carbocycles. The van der Waals surface area contributed by atoms with Crippen molar-refractivity contribution in [2.75, 3.05) is 13.1 Å². The molecule has 1 aliphatic heterocycles. The lowest BCUT2D eigenvalue weighted by Crippen LogP contribution is -2.31. The Balaban J connectivity index is 2.43. The normalized spacial score (nSPS) is 28.6. The molecule has 1 aromatic heterocycles. The van der Waals surface area contributed by atoms with Gasteiger partial charge in [0.2, 0.25) is 0 Å². The Morgan fingerprint density at radius 3 is 2.88 bits per heavy atom. The first-order valence-electron chi connectivity index (χ1n) is 6.44. The Hall–Kier alpha value is -0.600. The maximum atomic E-state index is 6.01. The zero-order valence-electron chi connectivity index (χ0n) is 10.9. The predicted molar refractivity (Wildman–Crippen MR) is 72.6 cm³/mol. The first-order chi connectivity index (χ1) is 8.08. The second-order valence-electron chi connectivity index (χ2n) is 5.33. The Morgan fingerprint density at radius 1 is 1.53 bits per heavy atom. The van der Waals surface area contributed by atoms with Crippen LogP contribution in [0.3, 0.4) is 0 Å². The molecular formula is C14H21ClN2. The molecule has 2 atom stereocenters. The van der Waals surface area contributed by atoms with Crippen molar-refractivity contribution in [3.63, 3.8) is 0 Å². The summed E-state index contributed by atoms with van der Waals surface area (Å²) in [5.41, 5.74) is 2.75. The average Bonchev–Trinajstić information content (AvgIpc) is 2.61. The molecule has 1 N–H and O–H groups in total. The highest BCUT2D eigenvalue weighted by molar-refractivity contribution is 6.29. The SMILES string of the molecule is CCCc1nc(Cl)ccc1C1(C)CNCC1C. The van der Waals surface area contributed by atoms with Crippen molar-refractivity contribution in [2.24, 2.45) is 5.92 Å². The van der Waals surface area contributed by atoms with Gasteiger partial charge in [-0.1, -0.05) is 44.9 Å². The number of nitrogens with one attached hydrogen (secondary N) is 1.